The second-order valence-electron chi connectivity index (χ2n) is 5.47. The Kier molecular flexibility index (Phi) is 7.61. The molecule has 0 fully saturated rings. The maximum absolute atomic E-state index is 12.9. The highest BCUT2D eigenvalue weighted by Gasteiger charge is 2.37. The van der Waals surface area contributed by atoms with Gasteiger partial charge in [0.05, 0.1) is 17.1 Å². The average Bonchev–Trinajstić information content (AvgIpc) is 2.95. The number of ether oxygens (including phenoxy) is 1. The molecular formula is C16H9Cl2F6N3O3S. The first-order chi connectivity index (χ1) is 14.3. The molecule has 168 valence electrons. The molecule has 0 saturated carbocycles. The number of alkyl halides is 6. The van der Waals surface area contributed by atoms with Crippen LogP contribution in [-0.4, -0.2) is 28.0 Å². The Balaban J connectivity index is 2.46. The maximum atomic E-state index is 12.9. The molecule has 0 radical (unpaired) electrons. The molecule has 0 amide bonds. The first-order valence-corrected chi connectivity index (χ1v) is 9.50. The van der Waals surface area contributed by atoms with Crippen LogP contribution < -0.4 is 4.84 Å². The Bertz CT molecular complexity index is 1010. The van der Waals surface area contributed by atoms with Gasteiger partial charge in [-0.05, 0) is 30.8 Å². The molecular weight excluding hydrogens is 499 g/mol. The summed E-state index contributed by atoms with van der Waals surface area (Å²) in [5.41, 5.74) is -7.78. The molecule has 0 aliphatic carbocycles. The third-order valence-corrected chi connectivity index (χ3v) is 4.90. The van der Waals surface area contributed by atoms with Gasteiger partial charge in [0, 0.05) is 15.6 Å². The van der Waals surface area contributed by atoms with Crippen molar-refractivity contribution < 1.29 is 40.7 Å². The summed E-state index contributed by atoms with van der Waals surface area (Å²) in [4.78, 5) is 16.8. The second kappa shape index (κ2) is 9.46. The molecule has 1 aromatic carbocycles. The van der Waals surface area contributed by atoms with Gasteiger partial charge in [-0.3, -0.25) is 0 Å². The molecule has 2 aromatic rings. The minimum Gasteiger partial charge on any atom is -0.461 e. The summed E-state index contributed by atoms with van der Waals surface area (Å²) in [6, 6.07) is 2.56. The monoisotopic (exact) mass is 507 g/mol. The zero-order chi connectivity index (χ0) is 23.6. The summed E-state index contributed by atoms with van der Waals surface area (Å²) in [5, 5.41) is 11.7. The highest BCUT2D eigenvalue weighted by molar-refractivity contribution is 8.00. The molecule has 0 unspecified atom stereocenters. The summed E-state index contributed by atoms with van der Waals surface area (Å²) < 4.78 is 81.8. The van der Waals surface area contributed by atoms with Gasteiger partial charge in [-0.1, -0.05) is 28.0 Å². The highest BCUT2D eigenvalue weighted by Crippen LogP contribution is 2.41. The predicted molar refractivity (Wildman–Crippen MR) is 96.6 cm³/mol. The summed E-state index contributed by atoms with van der Waals surface area (Å²) in [6.07, 6.45) is -4.73. The molecule has 0 atom stereocenters. The zero-order valence-corrected chi connectivity index (χ0v) is 17.4. The van der Waals surface area contributed by atoms with E-state index in [4.69, 9.17) is 33.3 Å². The predicted octanol–water partition coefficient (Wildman–Crippen LogP) is 5.50. The van der Waals surface area contributed by atoms with Gasteiger partial charge in [-0.25, -0.2) is 4.79 Å². The van der Waals surface area contributed by atoms with Crippen molar-refractivity contribution in [2.45, 2.75) is 30.1 Å². The van der Waals surface area contributed by atoms with Crippen molar-refractivity contribution in [3.8, 4) is 6.07 Å². The molecule has 0 bridgehead atoms. The van der Waals surface area contributed by atoms with Crippen LogP contribution in [0.2, 0.25) is 10.0 Å². The van der Waals surface area contributed by atoms with Gasteiger partial charge in [-0.2, -0.15) is 31.6 Å². The Morgan fingerprint density at radius 3 is 2.26 bits per heavy atom. The summed E-state index contributed by atoms with van der Waals surface area (Å²) in [5.74, 6) is -1.27. The second-order valence-corrected chi connectivity index (χ2v) is 7.36. The SMILES string of the molecule is CCOC(=O)c1c(SC(F)(F)F)c(C#N)nn1OCc1c(Cl)cc(C(F)(F)F)cc1Cl. The van der Waals surface area contributed by atoms with Gasteiger partial charge >= 0.3 is 17.7 Å². The van der Waals surface area contributed by atoms with E-state index in [2.05, 4.69) is 9.84 Å². The van der Waals surface area contributed by atoms with E-state index in [0.29, 0.717) is 17.0 Å². The molecule has 0 aliphatic rings. The van der Waals surface area contributed by atoms with Crippen LogP contribution in [0, 0.1) is 11.3 Å². The molecule has 2 rings (SSSR count). The molecule has 1 heterocycles. The van der Waals surface area contributed by atoms with Crippen LogP contribution in [0.4, 0.5) is 26.3 Å². The Hall–Kier alpha value is -2.30. The smallest absolute Gasteiger partial charge is 0.446 e. The lowest BCUT2D eigenvalue weighted by molar-refractivity contribution is -0.137. The number of hydrogen-bond donors (Lipinski definition) is 0. The summed E-state index contributed by atoms with van der Waals surface area (Å²) in [7, 11) is 0. The number of thioether (sulfide) groups is 1. The fourth-order valence-electron chi connectivity index (χ4n) is 2.16. The molecule has 31 heavy (non-hydrogen) atoms. The third kappa shape index (κ3) is 6.11. The van der Waals surface area contributed by atoms with Crippen LogP contribution in [0.1, 0.15) is 34.2 Å². The van der Waals surface area contributed by atoms with Gasteiger partial charge in [0.25, 0.3) is 0 Å². The lowest BCUT2D eigenvalue weighted by Gasteiger charge is -2.14. The third-order valence-electron chi connectivity index (χ3n) is 3.40. The fourth-order valence-corrected chi connectivity index (χ4v) is 3.43. The molecule has 0 spiro atoms. The van der Waals surface area contributed by atoms with Crippen molar-refractivity contribution in [1.82, 2.24) is 9.94 Å². The van der Waals surface area contributed by atoms with E-state index in [1.54, 1.807) is 0 Å². The highest BCUT2D eigenvalue weighted by atomic mass is 35.5. The van der Waals surface area contributed by atoms with Crippen LogP contribution in [0.3, 0.4) is 0 Å². The molecule has 0 N–H and O–H groups in total. The molecule has 0 aliphatic heterocycles. The van der Waals surface area contributed by atoms with Crippen molar-refractivity contribution in [1.29, 1.82) is 5.26 Å². The van der Waals surface area contributed by atoms with Crippen molar-refractivity contribution in [3.63, 3.8) is 0 Å². The summed E-state index contributed by atoms with van der Waals surface area (Å²) >= 11 is 10.9. The number of rotatable bonds is 6. The molecule has 15 heteroatoms. The standard InChI is InChI=1S/C16H9Cl2F6N3O3S/c1-2-29-14(28)12-13(31-16(22,23)24)11(5-25)26-27(12)30-6-8-9(17)3-7(4-10(8)18)15(19,20)21/h3-4H,2,6H2,1H3. The van der Waals surface area contributed by atoms with Crippen molar-refractivity contribution in [3.05, 3.63) is 44.7 Å². The van der Waals surface area contributed by atoms with Crippen LogP contribution in [0.15, 0.2) is 17.0 Å². The lowest BCUT2D eigenvalue weighted by atomic mass is 10.1. The number of benzene rings is 1. The first-order valence-electron chi connectivity index (χ1n) is 7.92. The normalized spacial score (nSPS) is 11.9. The number of halogens is 8. The van der Waals surface area contributed by atoms with E-state index < -0.39 is 67.9 Å². The van der Waals surface area contributed by atoms with E-state index in [9.17, 15) is 31.1 Å². The lowest BCUT2D eigenvalue weighted by Crippen LogP contribution is -2.21. The fraction of sp³-hybridized carbons (Fsp3) is 0.312. The van der Waals surface area contributed by atoms with Crippen LogP contribution in [0.25, 0.3) is 0 Å². The number of esters is 1. The quantitative estimate of drug-likeness (QED) is 0.292. The maximum Gasteiger partial charge on any atom is 0.446 e. The summed E-state index contributed by atoms with van der Waals surface area (Å²) in [6.45, 7) is 0.493. The van der Waals surface area contributed by atoms with Crippen LogP contribution in [0.5, 0.6) is 0 Å². The number of carbonyl (C=O) groups excluding carboxylic acids is 1. The minimum absolute atomic E-state index is 0.162. The van der Waals surface area contributed by atoms with E-state index >= 15 is 0 Å². The topological polar surface area (TPSA) is 77.1 Å². The van der Waals surface area contributed by atoms with E-state index in [-0.39, 0.29) is 12.2 Å². The first kappa shape index (κ1) is 25.0. The molecule has 0 saturated heterocycles. The van der Waals surface area contributed by atoms with Gasteiger partial charge < -0.3 is 9.57 Å². The zero-order valence-electron chi connectivity index (χ0n) is 15.1. The van der Waals surface area contributed by atoms with Crippen LogP contribution >= 0.6 is 35.0 Å². The van der Waals surface area contributed by atoms with Crippen LogP contribution in [-0.2, 0) is 17.5 Å². The Labute approximate surface area is 184 Å². The van der Waals surface area contributed by atoms with Crippen molar-refractivity contribution in [2.24, 2.45) is 0 Å². The molecule has 1 aromatic heterocycles. The van der Waals surface area contributed by atoms with E-state index in [0.717, 1.165) is 0 Å². The minimum atomic E-state index is -4.87. The van der Waals surface area contributed by atoms with Gasteiger partial charge in [-0.15, -0.1) is 5.10 Å². The largest absolute Gasteiger partial charge is 0.461 e. The van der Waals surface area contributed by atoms with E-state index in [1.165, 1.54) is 13.0 Å². The van der Waals surface area contributed by atoms with Gasteiger partial charge in [0.15, 0.2) is 5.69 Å². The number of nitrogens with zero attached hydrogens (tertiary/aromatic N) is 3. The van der Waals surface area contributed by atoms with Gasteiger partial charge in [0.1, 0.15) is 12.7 Å². The number of nitriles is 1. The Morgan fingerprint density at radius 2 is 1.81 bits per heavy atom. The Morgan fingerprint density at radius 1 is 1.23 bits per heavy atom. The van der Waals surface area contributed by atoms with Crippen molar-refractivity contribution in [2.75, 3.05) is 6.61 Å². The number of hydrogen-bond acceptors (Lipinski definition) is 6. The van der Waals surface area contributed by atoms with Gasteiger partial charge in [0.2, 0.25) is 5.69 Å². The average molecular weight is 508 g/mol. The number of aromatic nitrogens is 2. The van der Waals surface area contributed by atoms with E-state index in [1.807, 2.05) is 0 Å². The number of carbonyl (C=O) groups is 1. The van der Waals surface area contributed by atoms with Crippen molar-refractivity contribution >= 4 is 40.9 Å². The molecule has 6 nitrogen and oxygen atoms in total.